The zero-order chi connectivity index (χ0) is 15.5. The van der Waals surface area contributed by atoms with E-state index in [-0.39, 0.29) is 24.3 Å². The molecule has 0 amide bonds. The topological polar surface area (TPSA) is 161 Å². The fraction of sp³-hybridized carbons (Fsp3) is 0.600. The zero-order valence-corrected chi connectivity index (χ0v) is 12.1. The average Bonchev–Trinajstić information content (AvgIpc) is 2.43. The van der Waals surface area contributed by atoms with E-state index in [4.69, 9.17) is 19.5 Å². The van der Waals surface area contributed by atoms with Crippen LogP contribution in [0.25, 0.3) is 0 Å². The van der Waals surface area contributed by atoms with Gasteiger partial charge in [-0.25, -0.2) is 4.57 Å². The van der Waals surface area contributed by atoms with Crippen LogP contribution in [-0.2, 0) is 18.3 Å². The average molecular weight is 331 g/mol. The molecule has 6 N–H and O–H groups in total. The molecule has 12 heteroatoms. The molecular formula is C10H14N5O6P. The third-order valence-electron chi connectivity index (χ3n) is 3.80. The summed E-state index contributed by atoms with van der Waals surface area (Å²) in [5.41, 5.74) is 5.35. The first-order valence-corrected chi connectivity index (χ1v) is 8.15. The summed E-state index contributed by atoms with van der Waals surface area (Å²) in [6.45, 7) is -0.0405. The van der Waals surface area contributed by atoms with Crippen LogP contribution in [-0.4, -0.2) is 45.9 Å². The first-order chi connectivity index (χ1) is 10.4. The minimum Gasteiger partial charge on any atom is -0.370 e. The summed E-state index contributed by atoms with van der Waals surface area (Å²) in [6.07, 6.45) is -1.18. The minimum atomic E-state index is -4.03. The Labute approximate surface area is 123 Å². The Balaban J connectivity index is 1.61. The van der Waals surface area contributed by atoms with Gasteiger partial charge in [0.2, 0.25) is 5.95 Å². The summed E-state index contributed by atoms with van der Waals surface area (Å²) < 4.78 is 27.0. The fourth-order valence-corrected chi connectivity index (χ4v) is 3.80. The van der Waals surface area contributed by atoms with Crippen molar-refractivity contribution in [2.24, 2.45) is 0 Å². The van der Waals surface area contributed by atoms with Gasteiger partial charge in [-0.3, -0.25) is 18.8 Å². The van der Waals surface area contributed by atoms with Crippen molar-refractivity contribution in [3.8, 4) is 0 Å². The number of ether oxygens (including phenoxy) is 1. The van der Waals surface area contributed by atoms with E-state index in [1.165, 1.54) is 0 Å². The van der Waals surface area contributed by atoms with E-state index in [9.17, 15) is 14.3 Å². The number of aromatic amines is 1. The second-order valence-corrected chi connectivity index (χ2v) is 6.72. The molecular weight excluding hydrogens is 317 g/mol. The maximum Gasteiger partial charge on any atom is 0.472 e. The molecule has 0 saturated carbocycles. The van der Waals surface area contributed by atoms with Gasteiger partial charge in [0.15, 0.2) is 5.82 Å². The van der Waals surface area contributed by atoms with E-state index in [2.05, 4.69) is 20.6 Å². The molecule has 120 valence electrons. The Bertz CT molecular complexity index is 724. The molecule has 0 spiro atoms. The molecule has 2 fully saturated rings. The number of hydrogen-bond acceptors (Lipinski definition) is 9. The summed E-state index contributed by atoms with van der Waals surface area (Å²) in [7, 11) is -4.03. The first-order valence-electron chi connectivity index (χ1n) is 6.65. The van der Waals surface area contributed by atoms with E-state index in [0.717, 1.165) is 0 Å². The fourth-order valence-electron chi connectivity index (χ4n) is 2.84. The van der Waals surface area contributed by atoms with Crippen LogP contribution < -0.4 is 21.9 Å². The van der Waals surface area contributed by atoms with Crippen LogP contribution >= 0.6 is 7.82 Å². The van der Waals surface area contributed by atoms with Crippen molar-refractivity contribution >= 4 is 25.3 Å². The lowest BCUT2D eigenvalue weighted by atomic mass is 9.98. The van der Waals surface area contributed by atoms with Crippen LogP contribution in [0.15, 0.2) is 4.79 Å². The number of phosphoric acid groups is 1. The minimum absolute atomic E-state index is 0.00395. The molecule has 4 heterocycles. The van der Waals surface area contributed by atoms with Gasteiger partial charge < -0.3 is 26.0 Å². The Hall–Kier alpha value is -1.65. The van der Waals surface area contributed by atoms with Gasteiger partial charge in [0.25, 0.3) is 5.56 Å². The molecule has 11 nitrogen and oxygen atoms in total. The van der Waals surface area contributed by atoms with Gasteiger partial charge in [-0.05, 0) is 0 Å². The van der Waals surface area contributed by atoms with Gasteiger partial charge in [-0.2, -0.15) is 4.98 Å². The van der Waals surface area contributed by atoms with Crippen molar-refractivity contribution in [3.05, 3.63) is 10.4 Å². The number of nitrogen functional groups attached to an aromatic ring is 1. The Morgan fingerprint density at radius 1 is 1.36 bits per heavy atom. The summed E-state index contributed by atoms with van der Waals surface area (Å²) in [5, 5.41) is 6.01. The largest absolute Gasteiger partial charge is 0.472 e. The number of phosphoric ester groups is 1. The lowest BCUT2D eigenvalue weighted by molar-refractivity contribution is -0.148. The lowest BCUT2D eigenvalue weighted by Gasteiger charge is -2.46. The van der Waals surface area contributed by atoms with Gasteiger partial charge in [0.05, 0.1) is 12.6 Å². The highest BCUT2D eigenvalue weighted by Crippen LogP contribution is 2.51. The summed E-state index contributed by atoms with van der Waals surface area (Å²) in [5.74, 6) is 0.294. The standard InChI is InChI=1S/C10H14N5O6P/c11-10-14-7-6(8(16)15-10)12-3-1-4-5(20-9(3)13-7)2-19-22(17,18)21-4/h3-5,9,12H,1-2H2,(H,17,18)(H4,11,13,14,15,16)/t3-,4+,5+,9+/m0/s1. The molecule has 1 aromatic rings. The van der Waals surface area contributed by atoms with E-state index in [1.54, 1.807) is 0 Å². The summed E-state index contributed by atoms with van der Waals surface area (Å²) >= 11 is 0. The second-order valence-electron chi connectivity index (χ2n) is 5.31. The molecule has 4 rings (SSSR count). The second kappa shape index (κ2) is 4.67. The Morgan fingerprint density at radius 2 is 2.18 bits per heavy atom. The molecule has 1 aromatic heterocycles. The summed E-state index contributed by atoms with van der Waals surface area (Å²) in [6, 6.07) is -0.321. The van der Waals surface area contributed by atoms with Crippen LogP contribution in [0, 0.1) is 0 Å². The molecule has 0 bridgehead atoms. The molecule has 5 atom stereocenters. The molecule has 3 aliphatic heterocycles. The van der Waals surface area contributed by atoms with E-state index >= 15 is 0 Å². The van der Waals surface area contributed by atoms with Crippen molar-refractivity contribution in [2.75, 3.05) is 23.0 Å². The number of H-pyrrole nitrogens is 1. The number of fused-ring (bicyclic) bond motifs is 3. The van der Waals surface area contributed by atoms with Crippen molar-refractivity contribution in [1.29, 1.82) is 0 Å². The van der Waals surface area contributed by atoms with Crippen molar-refractivity contribution in [2.45, 2.75) is 30.9 Å². The highest BCUT2D eigenvalue weighted by molar-refractivity contribution is 7.47. The normalized spacial score (nSPS) is 39.7. The highest BCUT2D eigenvalue weighted by Gasteiger charge is 2.48. The Morgan fingerprint density at radius 3 is 3.00 bits per heavy atom. The van der Waals surface area contributed by atoms with Crippen molar-refractivity contribution in [3.63, 3.8) is 0 Å². The number of anilines is 3. The predicted octanol–water partition coefficient (Wildman–Crippen LogP) is -0.811. The lowest BCUT2D eigenvalue weighted by Crippen LogP contribution is -2.58. The van der Waals surface area contributed by atoms with Gasteiger partial charge >= 0.3 is 7.82 Å². The smallest absolute Gasteiger partial charge is 0.370 e. The van der Waals surface area contributed by atoms with E-state index in [0.29, 0.717) is 12.2 Å². The Kier molecular flexibility index (Phi) is 2.97. The SMILES string of the molecule is Nc1nc2c(c(=O)[nH]1)N[C@H]1C[C@H]3OP(=O)(O)OC[C@H]3O[C@H]1N2. The maximum atomic E-state index is 11.9. The summed E-state index contributed by atoms with van der Waals surface area (Å²) in [4.78, 5) is 27.7. The van der Waals surface area contributed by atoms with Gasteiger partial charge in [0.1, 0.15) is 24.1 Å². The number of nitrogens with zero attached hydrogens (tertiary/aromatic N) is 1. The number of nitrogens with one attached hydrogen (secondary N) is 3. The van der Waals surface area contributed by atoms with Gasteiger partial charge in [-0.1, -0.05) is 0 Å². The van der Waals surface area contributed by atoms with Crippen LogP contribution in [0.2, 0.25) is 0 Å². The van der Waals surface area contributed by atoms with Gasteiger partial charge in [0, 0.05) is 6.42 Å². The first kappa shape index (κ1) is 14.0. The molecule has 0 aliphatic carbocycles. The molecule has 22 heavy (non-hydrogen) atoms. The predicted molar refractivity (Wildman–Crippen MR) is 74.2 cm³/mol. The zero-order valence-electron chi connectivity index (χ0n) is 11.2. The molecule has 1 unspecified atom stereocenters. The van der Waals surface area contributed by atoms with Crippen molar-refractivity contribution < 1.29 is 23.2 Å². The number of rotatable bonds is 0. The molecule has 0 radical (unpaired) electrons. The van der Waals surface area contributed by atoms with Crippen LogP contribution in [0.1, 0.15) is 6.42 Å². The maximum absolute atomic E-state index is 11.9. The molecule has 2 saturated heterocycles. The quantitative estimate of drug-likeness (QED) is 0.380. The molecule has 0 aromatic carbocycles. The number of nitrogens with two attached hydrogens (primary N) is 1. The monoisotopic (exact) mass is 331 g/mol. The van der Waals surface area contributed by atoms with E-state index < -0.39 is 31.8 Å². The molecule has 3 aliphatic rings. The third-order valence-corrected chi connectivity index (χ3v) is 4.82. The number of aromatic nitrogens is 2. The third kappa shape index (κ3) is 2.27. The van der Waals surface area contributed by atoms with Crippen molar-refractivity contribution in [1.82, 2.24) is 9.97 Å². The van der Waals surface area contributed by atoms with Crippen LogP contribution in [0.3, 0.4) is 0 Å². The van der Waals surface area contributed by atoms with Crippen LogP contribution in [0.5, 0.6) is 0 Å². The number of hydrogen-bond donors (Lipinski definition) is 5. The van der Waals surface area contributed by atoms with E-state index in [1.807, 2.05) is 0 Å². The van der Waals surface area contributed by atoms with Crippen LogP contribution in [0.4, 0.5) is 17.5 Å². The highest BCUT2D eigenvalue weighted by atomic mass is 31.2. The van der Waals surface area contributed by atoms with Gasteiger partial charge in [-0.15, -0.1) is 0 Å².